The molecule has 4 nitrogen and oxygen atoms in total. The third kappa shape index (κ3) is 2.85. The van der Waals surface area contributed by atoms with Crippen LogP contribution in [0.2, 0.25) is 0 Å². The third-order valence-electron chi connectivity index (χ3n) is 2.20. The van der Waals surface area contributed by atoms with Gasteiger partial charge >= 0.3 is 0 Å². The number of aromatic nitrogens is 2. The largest absolute Gasteiger partial charge is 0.271 e. The molecule has 0 saturated carbocycles. The smallest absolute Gasteiger partial charge is 0.0794 e. The average Bonchev–Trinajstić information content (AvgIpc) is 2.82. The lowest BCUT2D eigenvalue weighted by Crippen LogP contribution is -2.29. The molecule has 2 rings (SSSR count). The summed E-state index contributed by atoms with van der Waals surface area (Å²) in [6.45, 7) is 0. The maximum absolute atomic E-state index is 5.53. The van der Waals surface area contributed by atoms with Crippen molar-refractivity contribution in [1.82, 2.24) is 15.4 Å². The van der Waals surface area contributed by atoms with Crippen molar-refractivity contribution in [2.45, 2.75) is 12.5 Å². The van der Waals surface area contributed by atoms with Crippen LogP contribution in [0.5, 0.6) is 0 Å². The Bertz CT molecular complexity index is 429. The van der Waals surface area contributed by atoms with Crippen molar-refractivity contribution in [3.05, 3.63) is 45.1 Å². The summed E-state index contributed by atoms with van der Waals surface area (Å²) in [4.78, 5) is 9.48. The molecule has 3 N–H and O–H groups in total. The van der Waals surface area contributed by atoms with E-state index in [0.717, 1.165) is 21.5 Å². The van der Waals surface area contributed by atoms with E-state index in [1.54, 1.807) is 23.0 Å². The standard InChI is InChI=1S/C10H11BrN4S/c11-7-1-2-8(14-4-7)3-9(15-12)10-5-13-6-16-10/h1-2,4-6,9,15H,3,12H2. The van der Waals surface area contributed by atoms with Crippen LogP contribution in [0.15, 0.2) is 34.5 Å². The molecule has 0 fully saturated rings. The van der Waals surface area contributed by atoms with Gasteiger partial charge in [-0.15, -0.1) is 11.3 Å². The zero-order chi connectivity index (χ0) is 11.4. The summed E-state index contributed by atoms with van der Waals surface area (Å²) in [6, 6.07) is 4.03. The van der Waals surface area contributed by atoms with E-state index in [-0.39, 0.29) is 6.04 Å². The molecule has 16 heavy (non-hydrogen) atoms. The number of thiazole rings is 1. The molecule has 0 amide bonds. The average molecular weight is 299 g/mol. The van der Waals surface area contributed by atoms with Crippen LogP contribution in [-0.4, -0.2) is 9.97 Å². The van der Waals surface area contributed by atoms with Gasteiger partial charge in [-0.2, -0.15) is 0 Å². The van der Waals surface area contributed by atoms with Gasteiger partial charge in [0.2, 0.25) is 0 Å². The number of rotatable bonds is 4. The van der Waals surface area contributed by atoms with Gasteiger partial charge in [0.1, 0.15) is 0 Å². The summed E-state index contributed by atoms with van der Waals surface area (Å²) in [5, 5.41) is 0. The van der Waals surface area contributed by atoms with E-state index in [2.05, 4.69) is 31.3 Å². The van der Waals surface area contributed by atoms with Crippen molar-refractivity contribution >= 4 is 27.3 Å². The van der Waals surface area contributed by atoms with Gasteiger partial charge in [0.15, 0.2) is 0 Å². The maximum Gasteiger partial charge on any atom is 0.0794 e. The SMILES string of the molecule is NNC(Cc1ccc(Br)cn1)c1cncs1. The molecule has 2 aromatic rings. The van der Waals surface area contributed by atoms with Crippen molar-refractivity contribution < 1.29 is 0 Å². The summed E-state index contributed by atoms with van der Waals surface area (Å²) < 4.78 is 0.978. The van der Waals surface area contributed by atoms with E-state index < -0.39 is 0 Å². The zero-order valence-electron chi connectivity index (χ0n) is 8.43. The molecule has 0 aliphatic rings. The minimum atomic E-state index is 0.0705. The van der Waals surface area contributed by atoms with Gasteiger partial charge in [-0.3, -0.25) is 21.2 Å². The first kappa shape index (κ1) is 11.7. The Morgan fingerprint density at radius 1 is 1.44 bits per heavy atom. The van der Waals surface area contributed by atoms with Gasteiger partial charge in [-0.05, 0) is 28.1 Å². The molecule has 1 unspecified atom stereocenters. The number of halogens is 1. The van der Waals surface area contributed by atoms with E-state index in [1.165, 1.54) is 0 Å². The summed E-state index contributed by atoms with van der Waals surface area (Å²) in [6.07, 6.45) is 4.37. The topological polar surface area (TPSA) is 63.8 Å². The molecule has 1 atom stereocenters. The Kier molecular flexibility index (Phi) is 4.00. The second kappa shape index (κ2) is 5.49. The van der Waals surface area contributed by atoms with Crippen LogP contribution in [-0.2, 0) is 6.42 Å². The Morgan fingerprint density at radius 2 is 2.31 bits per heavy atom. The molecule has 0 aromatic carbocycles. The van der Waals surface area contributed by atoms with Crippen LogP contribution < -0.4 is 11.3 Å². The van der Waals surface area contributed by atoms with Gasteiger partial charge in [0.05, 0.1) is 11.6 Å². The summed E-state index contributed by atoms with van der Waals surface area (Å²) in [5.74, 6) is 5.53. The Balaban J connectivity index is 2.10. The Morgan fingerprint density at radius 3 is 2.88 bits per heavy atom. The highest BCUT2D eigenvalue weighted by atomic mass is 79.9. The van der Waals surface area contributed by atoms with Crippen molar-refractivity contribution in [1.29, 1.82) is 0 Å². The first-order chi connectivity index (χ1) is 7.79. The second-order valence-electron chi connectivity index (χ2n) is 3.29. The maximum atomic E-state index is 5.53. The van der Waals surface area contributed by atoms with Gasteiger partial charge in [0.25, 0.3) is 0 Å². The highest BCUT2D eigenvalue weighted by molar-refractivity contribution is 9.10. The quantitative estimate of drug-likeness (QED) is 0.670. The van der Waals surface area contributed by atoms with E-state index >= 15 is 0 Å². The molecular weight excluding hydrogens is 288 g/mol. The highest BCUT2D eigenvalue weighted by Crippen LogP contribution is 2.20. The molecule has 0 radical (unpaired) electrons. The molecule has 2 heterocycles. The van der Waals surface area contributed by atoms with Gasteiger partial charge in [-0.1, -0.05) is 0 Å². The number of pyridine rings is 1. The van der Waals surface area contributed by atoms with Crippen molar-refractivity contribution in [3.63, 3.8) is 0 Å². The van der Waals surface area contributed by atoms with Gasteiger partial charge < -0.3 is 0 Å². The molecule has 0 bridgehead atoms. The first-order valence-electron chi connectivity index (χ1n) is 4.74. The number of hydrogen-bond acceptors (Lipinski definition) is 5. The number of nitrogens with two attached hydrogens (primary N) is 1. The summed E-state index contributed by atoms with van der Waals surface area (Å²) in [5.41, 5.74) is 5.59. The van der Waals surface area contributed by atoms with Crippen LogP contribution in [0.4, 0.5) is 0 Å². The van der Waals surface area contributed by atoms with Crippen LogP contribution in [0.3, 0.4) is 0 Å². The fourth-order valence-corrected chi connectivity index (χ4v) is 2.29. The van der Waals surface area contributed by atoms with E-state index in [4.69, 9.17) is 5.84 Å². The summed E-state index contributed by atoms with van der Waals surface area (Å²) >= 11 is 4.94. The van der Waals surface area contributed by atoms with Crippen molar-refractivity contribution in [3.8, 4) is 0 Å². The molecule has 0 aliphatic carbocycles. The molecular formula is C10H11BrN4S. The van der Waals surface area contributed by atoms with Gasteiger partial charge in [-0.25, -0.2) is 0 Å². The highest BCUT2D eigenvalue weighted by Gasteiger charge is 2.12. The molecule has 2 aromatic heterocycles. The third-order valence-corrected chi connectivity index (χ3v) is 3.56. The number of hydrazine groups is 1. The lowest BCUT2D eigenvalue weighted by Gasteiger charge is -2.12. The van der Waals surface area contributed by atoms with Crippen LogP contribution in [0, 0.1) is 0 Å². The molecule has 0 spiro atoms. The normalized spacial score (nSPS) is 12.6. The minimum absolute atomic E-state index is 0.0705. The van der Waals surface area contributed by atoms with Crippen LogP contribution in [0.25, 0.3) is 0 Å². The molecule has 6 heteroatoms. The van der Waals surface area contributed by atoms with Crippen LogP contribution in [0.1, 0.15) is 16.6 Å². The first-order valence-corrected chi connectivity index (χ1v) is 6.42. The molecule has 84 valence electrons. The summed E-state index contributed by atoms with van der Waals surface area (Å²) in [7, 11) is 0. The molecule has 0 saturated heterocycles. The minimum Gasteiger partial charge on any atom is -0.271 e. The second-order valence-corrected chi connectivity index (χ2v) is 5.13. The number of nitrogens with zero attached hydrogens (tertiary/aromatic N) is 2. The van der Waals surface area contributed by atoms with E-state index in [1.807, 2.05) is 18.3 Å². The monoisotopic (exact) mass is 298 g/mol. The predicted octanol–water partition coefficient (Wildman–Crippen LogP) is 2.05. The molecule has 0 aliphatic heterocycles. The Labute approximate surface area is 106 Å². The van der Waals surface area contributed by atoms with E-state index in [0.29, 0.717) is 0 Å². The lowest BCUT2D eigenvalue weighted by molar-refractivity contribution is 0.553. The van der Waals surface area contributed by atoms with E-state index in [9.17, 15) is 0 Å². The van der Waals surface area contributed by atoms with Gasteiger partial charge in [0, 0.05) is 33.9 Å². The van der Waals surface area contributed by atoms with Crippen LogP contribution >= 0.6 is 27.3 Å². The predicted molar refractivity (Wildman–Crippen MR) is 67.8 cm³/mol. The van der Waals surface area contributed by atoms with Crippen molar-refractivity contribution in [2.75, 3.05) is 0 Å². The fourth-order valence-electron chi connectivity index (χ4n) is 1.38. The lowest BCUT2D eigenvalue weighted by atomic mass is 10.1. The zero-order valence-corrected chi connectivity index (χ0v) is 10.8. The number of hydrogen-bond donors (Lipinski definition) is 2. The fraction of sp³-hybridized carbons (Fsp3) is 0.200. The van der Waals surface area contributed by atoms with Crippen molar-refractivity contribution in [2.24, 2.45) is 5.84 Å². The number of nitrogens with one attached hydrogen (secondary N) is 1. The Hall–Kier alpha value is -0.820.